The third-order valence-corrected chi connectivity index (χ3v) is 11.6. The molecule has 3 aliphatic heterocycles. The van der Waals surface area contributed by atoms with Crippen LogP contribution in [0.4, 0.5) is 9.59 Å². The number of methoxy groups -OCH3 is 1. The Kier molecular flexibility index (Phi) is 9.21. The molecule has 2 bridgehead atoms. The van der Waals surface area contributed by atoms with E-state index in [1.165, 1.54) is 18.4 Å². The first-order valence-electron chi connectivity index (χ1n) is 17.3. The zero-order valence-corrected chi connectivity index (χ0v) is 30.3. The minimum absolute atomic E-state index is 0.0747. The van der Waals surface area contributed by atoms with Gasteiger partial charge in [-0.15, -0.1) is 0 Å². The summed E-state index contributed by atoms with van der Waals surface area (Å²) in [5.41, 5.74) is -2.37. The van der Waals surface area contributed by atoms with Crippen LogP contribution in [-0.2, 0) is 33.1 Å². The predicted molar refractivity (Wildman–Crippen MR) is 174 cm³/mol. The van der Waals surface area contributed by atoms with E-state index in [0.29, 0.717) is 44.0 Å². The Balaban J connectivity index is 1.36. The van der Waals surface area contributed by atoms with E-state index in [4.69, 9.17) is 23.5 Å². The maximum Gasteiger partial charge on any atom is 0.457 e. The highest BCUT2D eigenvalue weighted by Crippen LogP contribution is 2.66. The van der Waals surface area contributed by atoms with Gasteiger partial charge in [-0.05, 0) is 105 Å². The van der Waals surface area contributed by atoms with E-state index in [9.17, 15) is 19.2 Å². The van der Waals surface area contributed by atoms with Gasteiger partial charge in [0.15, 0.2) is 0 Å². The van der Waals surface area contributed by atoms with Crippen LogP contribution < -0.4 is 5.32 Å². The number of hydrogen-bond donors (Lipinski definition) is 1. The van der Waals surface area contributed by atoms with Gasteiger partial charge in [-0.3, -0.25) is 9.69 Å². The van der Waals surface area contributed by atoms with Gasteiger partial charge in [-0.1, -0.05) is 20.3 Å². The van der Waals surface area contributed by atoms with Crippen molar-refractivity contribution >= 4 is 31.2 Å². The molecule has 3 amide bonds. The van der Waals surface area contributed by atoms with Crippen molar-refractivity contribution in [3.8, 4) is 0 Å². The molecule has 6 aliphatic rings. The Bertz CT molecular complexity index is 1260. The van der Waals surface area contributed by atoms with Crippen LogP contribution in [-0.4, -0.2) is 102 Å². The smallest absolute Gasteiger partial charge is 0.457 e. The van der Waals surface area contributed by atoms with Crippen LogP contribution >= 0.6 is 0 Å². The largest absolute Gasteiger partial charge is 0.467 e. The van der Waals surface area contributed by atoms with E-state index in [0.717, 1.165) is 6.42 Å². The fourth-order valence-corrected chi connectivity index (χ4v) is 9.30. The van der Waals surface area contributed by atoms with Crippen molar-refractivity contribution in [2.24, 2.45) is 22.7 Å². The van der Waals surface area contributed by atoms with Crippen LogP contribution in [0, 0.1) is 22.7 Å². The van der Waals surface area contributed by atoms with Crippen LogP contribution in [0.5, 0.6) is 0 Å². The summed E-state index contributed by atoms with van der Waals surface area (Å²) in [5.74, 6) is 0.262. The van der Waals surface area contributed by atoms with Gasteiger partial charge in [0, 0.05) is 18.5 Å². The summed E-state index contributed by atoms with van der Waals surface area (Å²) in [4.78, 5) is 56.7. The lowest BCUT2D eigenvalue weighted by molar-refractivity contribution is -0.199. The zero-order valence-electron chi connectivity index (χ0n) is 30.3. The molecule has 264 valence electrons. The molecule has 1 N–H and O–H groups in total. The number of ether oxygens (including phenoxy) is 3. The number of esters is 1. The topological polar surface area (TPSA) is 133 Å². The lowest BCUT2D eigenvalue weighted by atomic mass is 9.43. The fourth-order valence-electron chi connectivity index (χ4n) is 9.30. The summed E-state index contributed by atoms with van der Waals surface area (Å²) >= 11 is 0. The van der Waals surface area contributed by atoms with Gasteiger partial charge in [-0.2, -0.15) is 0 Å². The van der Waals surface area contributed by atoms with Gasteiger partial charge in [0.05, 0.1) is 24.9 Å². The number of carbonyl (C=O) groups is 4. The van der Waals surface area contributed by atoms with Crippen LogP contribution in [0.3, 0.4) is 0 Å². The van der Waals surface area contributed by atoms with E-state index in [-0.39, 0.29) is 36.7 Å². The van der Waals surface area contributed by atoms with Gasteiger partial charge in [-0.25, -0.2) is 14.4 Å². The third kappa shape index (κ3) is 6.47. The average molecular weight is 662 g/mol. The van der Waals surface area contributed by atoms with Crippen LogP contribution in [0.2, 0.25) is 6.32 Å². The van der Waals surface area contributed by atoms with Crippen molar-refractivity contribution in [1.82, 2.24) is 15.1 Å². The molecule has 0 unspecified atom stereocenters. The monoisotopic (exact) mass is 661 g/mol. The summed E-state index contributed by atoms with van der Waals surface area (Å²) in [6.07, 6.45) is 3.24. The Morgan fingerprint density at radius 1 is 1.00 bits per heavy atom. The summed E-state index contributed by atoms with van der Waals surface area (Å²) in [6.45, 7) is 19.5. The van der Waals surface area contributed by atoms with E-state index >= 15 is 0 Å². The number of rotatable bonds is 7. The Labute approximate surface area is 280 Å². The highest BCUT2D eigenvalue weighted by molar-refractivity contribution is 6.45. The first-order chi connectivity index (χ1) is 21.6. The lowest BCUT2D eigenvalue weighted by Crippen LogP contribution is -2.65. The molecule has 6 fully saturated rings. The maximum atomic E-state index is 13.9. The Hall–Kier alpha value is -2.54. The van der Waals surface area contributed by atoms with Crippen molar-refractivity contribution < 1.29 is 42.7 Å². The Morgan fingerprint density at radius 3 is 2.26 bits per heavy atom. The first-order valence-corrected chi connectivity index (χ1v) is 17.3. The molecule has 0 radical (unpaired) electrons. The number of nitrogens with zero attached hydrogens (tertiary/aromatic N) is 2. The Morgan fingerprint density at radius 2 is 1.66 bits per heavy atom. The van der Waals surface area contributed by atoms with E-state index in [2.05, 4.69) is 26.1 Å². The second-order valence-electron chi connectivity index (χ2n) is 17.2. The molecule has 3 aliphatic carbocycles. The van der Waals surface area contributed by atoms with E-state index in [1.54, 1.807) is 53.4 Å². The summed E-state index contributed by atoms with van der Waals surface area (Å²) in [6, 6.07) is -2.32. The summed E-state index contributed by atoms with van der Waals surface area (Å²) in [5, 5.41) is 2.65. The van der Waals surface area contributed by atoms with E-state index in [1.807, 2.05) is 0 Å². The second kappa shape index (κ2) is 12.1. The molecule has 47 heavy (non-hydrogen) atoms. The lowest BCUT2D eigenvalue weighted by Gasteiger charge is -2.64. The molecule has 0 aromatic heterocycles. The number of nitrogens with one attached hydrogen (secondary N) is 1. The number of alkyl carbamates (subject to hydrolysis) is 1. The molecule has 0 aromatic rings. The second-order valence-corrected chi connectivity index (χ2v) is 17.2. The molecule has 3 saturated heterocycles. The molecule has 6 rings (SSSR count). The fraction of sp³-hybridized carbons (Fsp3) is 0.882. The normalized spacial score (nSPS) is 34.6. The average Bonchev–Trinajstić information content (AvgIpc) is 3.57. The van der Waals surface area contributed by atoms with Crippen molar-refractivity contribution in [3.05, 3.63) is 0 Å². The number of hydrogen-bond acceptors (Lipinski definition) is 9. The number of amides is 3. The van der Waals surface area contributed by atoms with Crippen molar-refractivity contribution in [2.45, 2.75) is 149 Å². The quantitative estimate of drug-likeness (QED) is 0.232. The van der Waals surface area contributed by atoms with Gasteiger partial charge < -0.3 is 33.7 Å². The third-order valence-electron chi connectivity index (χ3n) is 11.6. The highest BCUT2D eigenvalue weighted by atomic mass is 16.7. The van der Waals surface area contributed by atoms with Crippen molar-refractivity contribution in [3.63, 3.8) is 0 Å². The number of likely N-dealkylation sites (tertiary alicyclic amines) is 2. The van der Waals surface area contributed by atoms with E-state index < -0.39 is 52.9 Å². The van der Waals surface area contributed by atoms with Crippen molar-refractivity contribution in [1.29, 1.82) is 0 Å². The highest BCUT2D eigenvalue weighted by Gasteiger charge is 2.68. The van der Waals surface area contributed by atoms with Crippen molar-refractivity contribution in [2.75, 3.05) is 20.2 Å². The van der Waals surface area contributed by atoms with Crippen LogP contribution in [0.15, 0.2) is 0 Å². The molecular formula is C34H56BN3O9. The van der Waals surface area contributed by atoms with Gasteiger partial charge in [0.2, 0.25) is 5.91 Å². The minimum atomic E-state index is -0.946. The van der Waals surface area contributed by atoms with Crippen LogP contribution in [0.1, 0.15) is 101 Å². The molecule has 0 aromatic carbocycles. The molecule has 8 atom stereocenters. The van der Waals surface area contributed by atoms with Gasteiger partial charge in [0.1, 0.15) is 23.3 Å². The molecule has 3 saturated carbocycles. The van der Waals surface area contributed by atoms with Gasteiger partial charge in [0.25, 0.3) is 0 Å². The number of fused-ring (bicyclic) bond motifs is 1. The summed E-state index contributed by atoms with van der Waals surface area (Å²) < 4.78 is 29.6. The zero-order chi connectivity index (χ0) is 34.9. The summed E-state index contributed by atoms with van der Waals surface area (Å²) in [7, 11) is 0.962. The molecule has 0 spiro atoms. The molecule has 13 heteroatoms. The molecular weight excluding hydrogens is 605 g/mol. The first kappa shape index (κ1) is 35.8. The van der Waals surface area contributed by atoms with Crippen LogP contribution in [0.25, 0.3) is 0 Å². The standard InChI is InChI=1S/C34H56BN3O9/c1-20(36-28(41)44-30(2,3)4)26(39)37-16-14-34(23(37)19-38(25(34)27(40)43-11)29(42)45-31(5,6)7)13-12-15-35-46-24-18-21-17-22(32(21,8)9)33(24,10)47-35/h20-25H,12-19H2,1-11H3,(H,36,41)/t20-,21-,22-,23-,24+,25+,33-,34-/m0/s1. The molecule has 12 nitrogen and oxygen atoms in total. The molecule has 3 heterocycles. The number of carbonyl (C=O) groups excluding carboxylic acids is 4. The maximum absolute atomic E-state index is 13.9. The SMILES string of the molecule is COC(=O)[C@H]1N(C(=O)OC(C)(C)C)C[C@@H]2N(C(=O)[C@H](C)NC(=O)OC(C)(C)C)CC[C@@]21CCCB1O[C@@H]2C[C@@H]3C[C@@H](C3(C)C)[C@]2(C)O1. The van der Waals surface area contributed by atoms with Gasteiger partial charge >= 0.3 is 25.3 Å². The minimum Gasteiger partial charge on any atom is -0.467 e. The predicted octanol–water partition coefficient (Wildman–Crippen LogP) is 4.79.